The van der Waals surface area contributed by atoms with E-state index in [2.05, 4.69) is 66.3 Å². The lowest BCUT2D eigenvalue weighted by atomic mass is 9.72. The summed E-state index contributed by atoms with van der Waals surface area (Å²) in [5.74, 6) is 0.398. The monoisotopic (exact) mass is 357 g/mol. The lowest BCUT2D eigenvalue weighted by Crippen LogP contribution is -2.51. The van der Waals surface area contributed by atoms with Crippen LogP contribution in [0.4, 0.5) is 0 Å². The van der Waals surface area contributed by atoms with Crippen molar-refractivity contribution < 1.29 is 4.79 Å². The molecule has 0 aliphatic carbocycles. The minimum Gasteiger partial charge on any atom is -0.355 e. The highest BCUT2D eigenvalue weighted by molar-refractivity contribution is 5.79. The second kappa shape index (κ2) is 8.53. The second-order valence-corrected chi connectivity index (χ2v) is 8.60. The summed E-state index contributed by atoms with van der Waals surface area (Å²) in [5, 5.41) is 3.35. The molecule has 0 bridgehead atoms. The topological polar surface area (TPSA) is 35.6 Å². The van der Waals surface area contributed by atoms with Gasteiger partial charge in [0, 0.05) is 24.5 Å². The van der Waals surface area contributed by atoms with Gasteiger partial charge in [-0.05, 0) is 71.8 Å². The quantitative estimate of drug-likeness (QED) is 0.880. The summed E-state index contributed by atoms with van der Waals surface area (Å²) in [6.07, 6.45) is 4.37. The fourth-order valence-electron chi connectivity index (χ4n) is 4.50. The van der Waals surface area contributed by atoms with Crippen LogP contribution in [0.25, 0.3) is 0 Å². The highest BCUT2D eigenvalue weighted by Crippen LogP contribution is 2.34. The molecule has 26 heavy (non-hydrogen) atoms. The number of amides is 1. The molecule has 1 aromatic rings. The van der Waals surface area contributed by atoms with E-state index in [-0.39, 0.29) is 17.2 Å². The number of likely N-dealkylation sites (tertiary alicyclic amines) is 2. The first-order valence-corrected chi connectivity index (χ1v) is 10.3. The summed E-state index contributed by atoms with van der Waals surface area (Å²) in [6.45, 7) is 9.44. The molecule has 4 nitrogen and oxygen atoms in total. The fraction of sp³-hybridized carbons (Fsp3) is 0.682. The lowest BCUT2D eigenvalue weighted by Gasteiger charge is -2.42. The van der Waals surface area contributed by atoms with Crippen LogP contribution in [0.15, 0.2) is 30.3 Å². The summed E-state index contributed by atoms with van der Waals surface area (Å²) >= 11 is 0. The molecule has 4 heteroatoms. The minimum atomic E-state index is 0.0792. The number of hydrogen-bond donors (Lipinski definition) is 1. The fourth-order valence-corrected chi connectivity index (χ4v) is 4.50. The van der Waals surface area contributed by atoms with Gasteiger partial charge in [-0.3, -0.25) is 4.79 Å². The summed E-state index contributed by atoms with van der Waals surface area (Å²) < 4.78 is 0. The van der Waals surface area contributed by atoms with Gasteiger partial charge >= 0.3 is 0 Å². The molecule has 2 fully saturated rings. The van der Waals surface area contributed by atoms with Gasteiger partial charge in [-0.15, -0.1) is 0 Å². The van der Waals surface area contributed by atoms with Crippen LogP contribution in [-0.2, 0) is 10.2 Å². The molecular formula is C22H35N3O. The van der Waals surface area contributed by atoms with Crippen molar-refractivity contribution in [3.8, 4) is 0 Å². The molecule has 2 aliphatic heterocycles. The van der Waals surface area contributed by atoms with E-state index in [0.717, 1.165) is 58.4 Å². The highest BCUT2D eigenvalue weighted by atomic mass is 16.1. The molecule has 3 rings (SSSR count). The third-order valence-corrected chi connectivity index (χ3v) is 6.49. The molecule has 1 N–H and O–H groups in total. The van der Waals surface area contributed by atoms with Crippen LogP contribution >= 0.6 is 0 Å². The summed E-state index contributed by atoms with van der Waals surface area (Å²) in [4.78, 5) is 17.7. The van der Waals surface area contributed by atoms with Gasteiger partial charge < -0.3 is 15.1 Å². The first-order valence-electron chi connectivity index (χ1n) is 10.3. The van der Waals surface area contributed by atoms with Gasteiger partial charge in [-0.2, -0.15) is 0 Å². The maximum atomic E-state index is 12.9. The zero-order valence-corrected chi connectivity index (χ0v) is 16.7. The van der Waals surface area contributed by atoms with Gasteiger partial charge in [-0.25, -0.2) is 0 Å². The van der Waals surface area contributed by atoms with Gasteiger partial charge in [0.15, 0.2) is 0 Å². The van der Waals surface area contributed by atoms with Crippen molar-refractivity contribution in [2.75, 3.05) is 39.8 Å². The zero-order valence-electron chi connectivity index (χ0n) is 16.7. The van der Waals surface area contributed by atoms with E-state index in [4.69, 9.17) is 0 Å². The van der Waals surface area contributed by atoms with Crippen LogP contribution in [0.2, 0.25) is 0 Å². The number of benzene rings is 1. The van der Waals surface area contributed by atoms with E-state index < -0.39 is 0 Å². The standard InChI is InChI=1S/C22H35N3O/c1-18(2)25-13-7-8-19(16-25)21(26)23-17-22(11-14-24(3)15-12-22)20-9-5-4-6-10-20/h4-6,9-10,18-19H,7-8,11-17H2,1-3H3,(H,23,26)/t19-/m1/s1. The van der Waals surface area contributed by atoms with Gasteiger partial charge in [-0.1, -0.05) is 30.3 Å². The average Bonchev–Trinajstić information content (AvgIpc) is 2.68. The molecule has 2 aliphatic rings. The molecule has 0 spiro atoms. The molecule has 0 saturated carbocycles. The van der Waals surface area contributed by atoms with Crippen LogP contribution in [0.1, 0.15) is 45.1 Å². The molecule has 1 amide bonds. The van der Waals surface area contributed by atoms with Crippen LogP contribution < -0.4 is 5.32 Å². The Morgan fingerprint density at radius 3 is 2.54 bits per heavy atom. The number of hydrogen-bond acceptors (Lipinski definition) is 3. The van der Waals surface area contributed by atoms with Gasteiger partial charge in [0.25, 0.3) is 0 Å². The molecule has 1 aromatic carbocycles. The average molecular weight is 358 g/mol. The van der Waals surface area contributed by atoms with Crippen LogP contribution in [0, 0.1) is 5.92 Å². The number of rotatable bonds is 5. The Kier molecular flexibility index (Phi) is 6.36. The molecule has 0 unspecified atom stereocenters. The molecule has 2 saturated heterocycles. The van der Waals surface area contributed by atoms with Crippen molar-refractivity contribution in [3.05, 3.63) is 35.9 Å². The van der Waals surface area contributed by atoms with E-state index in [9.17, 15) is 4.79 Å². The number of carbonyl (C=O) groups is 1. The predicted molar refractivity (Wildman–Crippen MR) is 107 cm³/mol. The van der Waals surface area contributed by atoms with Crippen LogP contribution in [0.5, 0.6) is 0 Å². The first-order chi connectivity index (χ1) is 12.5. The maximum absolute atomic E-state index is 12.9. The Bertz CT molecular complexity index is 578. The van der Waals surface area contributed by atoms with Crippen molar-refractivity contribution in [3.63, 3.8) is 0 Å². The molecule has 2 heterocycles. The van der Waals surface area contributed by atoms with Crippen LogP contribution in [-0.4, -0.2) is 61.5 Å². The van der Waals surface area contributed by atoms with Crippen molar-refractivity contribution in [2.24, 2.45) is 5.92 Å². The van der Waals surface area contributed by atoms with Crippen molar-refractivity contribution in [1.82, 2.24) is 15.1 Å². The van der Waals surface area contributed by atoms with Crippen molar-refractivity contribution in [1.29, 1.82) is 0 Å². The first kappa shape index (κ1) is 19.4. The Morgan fingerprint density at radius 1 is 1.19 bits per heavy atom. The van der Waals surface area contributed by atoms with Gasteiger partial charge in [0.05, 0.1) is 5.92 Å². The highest BCUT2D eigenvalue weighted by Gasteiger charge is 2.36. The van der Waals surface area contributed by atoms with E-state index in [1.54, 1.807) is 0 Å². The SMILES string of the molecule is CC(C)N1CCC[C@@H](C(=O)NCC2(c3ccccc3)CCN(C)CC2)C1. The normalized spacial score (nSPS) is 24.5. The van der Waals surface area contributed by atoms with Crippen LogP contribution in [0.3, 0.4) is 0 Å². The molecule has 0 radical (unpaired) electrons. The van der Waals surface area contributed by atoms with Gasteiger partial charge in [0.2, 0.25) is 5.91 Å². The third kappa shape index (κ3) is 4.47. The number of piperidine rings is 2. The molecule has 0 aromatic heterocycles. The van der Waals surface area contributed by atoms with E-state index in [1.807, 2.05) is 0 Å². The predicted octanol–water partition coefficient (Wildman–Crippen LogP) is 2.89. The number of nitrogens with one attached hydrogen (secondary N) is 1. The Labute approximate surface area is 158 Å². The smallest absolute Gasteiger partial charge is 0.224 e. The maximum Gasteiger partial charge on any atom is 0.224 e. The molecular weight excluding hydrogens is 322 g/mol. The molecule has 144 valence electrons. The van der Waals surface area contributed by atoms with E-state index in [1.165, 1.54) is 5.56 Å². The molecule has 1 atom stereocenters. The largest absolute Gasteiger partial charge is 0.355 e. The van der Waals surface area contributed by atoms with Crippen molar-refractivity contribution >= 4 is 5.91 Å². The van der Waals surface area contributed by atoms with E-state index >= 15 is 0 Å². The second-order valence-electron chi connectivity index (χ2n) is 8.60. The summed E-state index contributed by atoms with van der Waals surface area (Å²) in [6, 6.07) is 11.3. The lowest BCUT2D eigenvalue weighted by molar-refractivity contribution is -0.127. The van der Waals surface area contributed by atoms with Gasteiger partial charge in [0.1, 0.15) is 0 Å². The summed E-state index contributed by atoms with van der Waals surface area (Å²) in [5.41, 5.74) is 1.45. The Morgan fingerprint density at radius 2 is 1.88 bits per heavy atom. The zero-order chi connectivity index (χ0) is 18.6. The number of carbonyl (C=O) groups excluding carboxylic acids is 1. The van der Waals surface area contributed by atoms with Crippen molar-refractivity contribution in [2.45, 2.75) is 51.0 Å². The summed E-state index contributed by atoms with van der Waals surface area (Å²) in [7, 11) is 2.19. The Balaban J connectivity index is 1.65. The minimum absolute atomic E-state index is 0.0792. The third-order valence-electron chi connectivity index (χ3n) is 6.49. The Hall–Kier alpha value is -1.39. The number of nitrogens with zero attached hydrogens (tertiary/aromatic N) is 2. The van der Waals surface area contributed by atoms with E-state index in [0.29, 0.717) is 6.04 Å².